The zero-order valence-electron chi connectivity index (χ0n) is 31.7. The molecule has 3 amide bonds. The number of carbonyl (C=O) groups excluding carboxylic acids is 3. The lowest BCUT2D eigenvalue weighted by Gasteiger charge is -2.36. The molecular formula is C48H33Cl3N6O3. The van der Waals surface area contributed by atoms with Crippen molar-refractivity contribution in [2.45, 2.75) is 37.4 Å². The number of pyridine rings is 3. The van der Waals surface area contributed by atoms with Gasteiger partial charge in [-0.3, -0.25) is 29.3 Å². The van der Waals surface area contributed by atoms with Crippen molar-refractivity contribution in [3.05, 3.63) is 160 Å². The molecule has 6 aromatic carbocycles. The lowest BCUT2D eigenvalue weighted by Crippen LogP contribution is -2.53. The summed E-state index contributed by atoms with van der Waals surface area (Å²) in [5, 5.41) is 18.0. The number of rotatable bonds is 6. The van der Waals surface area contributed by atoms with Crippen molar-refractivity contribution in [3.63, 3.8) is 0 Å². The van der Waals surface area contributed by atoms with Gasteiger partial charge in [0.15, 0.2) is 0 Å². The Hall–Kier alpha value is -6.39. The van der Waals surface area contributed by atoms with Crippen LogP contribution in [0.3, 0.4) is 0 Å². The second-order valence-electron chi connectivity index (χ2n) is 15.2. The first-order valence-electron chi connectivity index (χ1n) is 19.5. The Balaban J connectivity index is 0.942. The number of nitrogens with one attached hydrogen (secondary N) is 3. The summed E-state index contributed by atoms with van der Waals surface area (Å²) in [5.41, 5.74) is 2.74. The molecule has 0 aliphatic heterocycles. The molecule has 9 aromatic rings. The van der Waals surface area contributed by atoms with Gasteiger partial charge < -0.3 is 16.0 Å². The third-order valence-corrected chi connectivity index (χ3v) is 12.8. The number of hydrogen-bond donors (Lipinski definition) is 3. The quantitative estimate of drug-likeness (QED) is 0.143. The molecule has 1 aliphatic rings. The highest BCUT2D eigenvalue weighted by atomic mass is 35.5. The Bertz CT molecular complexity index is 2920. The van der Waals surface area contributed by atoms with Gasteiger partial charge in [-0.15, -0.1) is 0 Å². The number of aromatic nitrogens is 3. The van der Waals surface area contributed by atoms with Crippen LogP contribution >= 0.6 is 34.8 Å². The molecule has 60 heavy (non-hydrogen) atoms. The second kappa shape index (κ2) is 15.3. The van der Waals surface area contributed by atoms with E-state index in [-0.39, 0.29) is 31.8 Å². The van der Waals surface area contributed by atoms with E-state index >= 15 is 0 Å². The van der Waals surface area contributed by atoms with Crippen LogP contribution in [-0.2, 0) is 0 Å². The zero-order chi connectivity index (χ0) is 41.1. The molecule has 0 unspecified atom stereocenters. The minimum Gasteiger partial charge on any atom is -0.349 e. The summed E-state index contributed by atoms with van der Waals surface area (Å²) >= 11 is 20.7. The highest BCUT2D eigenvalue weighted by Crippen LogP contribution is 2.35. The van der Waals surface area contributed by atoms with E-state index in [1.54, 1.807) is 0 Å². The van der Waals surface area contributed by atoms with Crippen molar-refractivity contribution in [2.24, 2.45) is 0 Å². The second-order valence-corrected chi connectivity index (χ2v) is 16.4. The van der Waals surface area contributed by atoms with Gasteiger partial charge in [-0.25, -0.2) is 0 Å². The monoisotopic (exact) mass is 846 g/mol. The van der Waals surface area contributed by atoms with Crippen LogP contribution in [-0.4, -0.2) is 50.8 Å². The highest BCUT2D eigenvalue weighted by Gasteiger charge is 2.34. The average Bonchev–Trinajstić information content (AvgIpc) is 3.26. The van der Waals surface area contributed by atoms with Crippen LogP contribution in [0.2, 0.25) is 15.1 Å². The zero-order valence-corrected chi connectivity index (χ0v) is 33.9. The largest absolute Gasteiger partial charge is 0.349 e. The maximum atomic E-state index is 14.0. The fraction of sp³-hybridized carbons (Fsp3) is 0.125. The average molecular weight is 848 g/mol. The van der Waals surface area contributed by atoms with Gasteiger partial charge in [-0.1, -0.05) is 144 Å². The van der Waals surface area contributed by atoms with Gasteiger partial charge in [-0.05, 0) is 35.4 Å². The molecule has 1 saturated carbocycles. The number of carbonyl (C=O) groups is 3. The van der Waals surface area contributed by atoms with Gasteiger partial charge in [0.1, 0.15) is 0 Å². The highest BCUT2D eigenvalue weighted by molar-refractivity contribution is 6.40. The number of fused-ring (bicyclic) bond motifs is 9. The molecule has 3 heterocycles. The Kier molecular flexibility index (Phi) is 9.67. The molecule has 0 radical (unpaired) electrons. The molecule has 1 fully saturated rings. The first-order valence-corrected chi connectivity index (χ1v) is 20.7. The maximum Gasteiger partial charge on any atom is 0.254 e. The Labute approximate surface area is 358 Å². The van der Waals surface area contributed by atoms with E-state index in [2.05, 4.69) is 30.9 Å². The van der Waals surface area contributed by atoms with Gasteiger partial charge in [0.25, 0.3) is 17.7 Å². The molecule has 1 aliphatic carbocycles. The van der Waals surface area contributed by atoms with Gasteiger partial charge in [0, 0.05) is 69.0 Å². The van der Waals surface area contributed by atoms with Crippen LogP contribution in [0, 0.1) is 0 Å². The number of halogens is 3. The molecule has 294 valence electrons. The molecule has 0 spiro atoms. The van der Waals surface area contributed by atoms with Crippen molar-refractivity contribution in [1.82, 2.24) is 30.9 Å². The summed E-state index contributed by atoms with van der Waals surface area (Å²) in [6, 6.07) is 33.6. The minimum atomic E-state index is -0.488. The fourth-order valence-electron chi connectivity index (χ4n) is 8.64. The lowest BCUT2D eigenvalue weighted by atomic mass is 9.86. The summed E-state index contributed by atoms with van der Waals surface area (Å²) in [5.74, 6) is -1.27. The molecule has 10 rings (SSSR count). The lowest BCUT2D eigenvalue weighted by molar-refractivity contribution is 0.0871. The van der Waals surface area contributed by atoms with Crippen LogP contribution < -0.4 is 16.0 Å². The van der Waals surface area contributed by atoms with E-state index in [4.69, 9.17) is 34.8 Å². The minimum absolute atomic E-state index is 0.217. The number of benzene rings is 6. The molecule has 0 atom stereocenters. The molecule has 12 heteroatoms. The fourth-order valence-corrected chi connectivity index (χ4v) is 9.50. The predicted molar refractivity (Wildman–Crippen MR) is 240 cm³/mol. The first-order chi connectivity index (χ1) is 29.2. The van der Waals surface area contributed by atoms with Gasteiger partial charge in [-0.2, -0.15) is 0 Å². The maximum absolute atomic E-state index is 14.0. The smallest absolute Gasteiger partial charge is 0.254 e. The number of nitrogens with zero attached hydrogens (tertiary/aromatic N) is 3. The van der Waals surface area contributed by atoms with Crippen molar-refractivity contribution >= 4 is 118 Å². The van der Waals surface area contributed by atoms with Crippen LogP contribution in [0.4, 0.5) is 0 Å². The van der Waals surface area contributed by atoms with Crippen LogP contribution in [0.15, 0.2) is 128 Å². The summed E-state index contributed by atoms with van der Waals surface area (Å²) in [4.78, 5) is 56.0. The Morgan fingerprint density at radius 3 is 0.983 bits per heavy atom. The van der Waals surface area contributed by atoms with Gasteiger partial charge in [0.05, 0.1) is 48.3 Å². The van der Waals surface area contributed by atoms with Gasteiger partial charge >= 0.3 is 0 Å². The summed E-state index contributed by atoms with van der Waals surface area (Å²) in [6.45, 7) is 0. The van der Waals surface area contributed by atoms with Crippen molar-refractivity contribution in [2.75, 3.05) is 0 Å². The van der Waals surface area contributed by atoms with E-state index in [9.17, 15) is 14.4 Å². The third-order valence-electron chi connectivity index (χ3n) is 11.5. The van der Waals surface area contributed by atoms with E-state index in [0.29, 0.717) is 52.0 Å². The van der Waals surface area contributed by atoms with E-state index in [1.165, 1.54) is 18.6 Å². The number of amides is 3. The van der Waals surface area contributed by atoms with Crippen molar-refractivity contribution in [3.8, 4) is 0 Å². The van der Waals surface area contributed by atoms with Crippen LogP contribution in [0.25, 0.3) is 65.0 Å². The molecule has 0 saturated heterocycles. The molecule has 0 bridgehead atoms. The van der Waals surface area contributed by atoms with Crippen LogP contribution in [0.1, 0.15) is 50.3 Å². The topological polar surface area (TPSA) is 126 Å². The summed E-state index contributed by atoms with van der Waals surface area (Å²) in [6.07, 6.45) is 5.56. The Morgan fingerprint density at radius 2 is 0.683 bits per heavy atom. The van der Waals surface area contributed by atoms with Crippen LogP contribution in [0.5, 0.6) is 0 Å². The molecule has 3 N–H and O–H groups in total. The standard InChI is InChI=1S/C48H33Cl3N6O3/c49-40-34-16-13-25-7-1-4-10-31(25)43(34)52-22-37(40)46(58)55-28-19-29(56-47(59)38-23-53-44-32-11-5-2-8-26(32)14-17-35(44)41(38)50)21-30(20-28)57-48(60)39-24-54-45-33-12-6-3-9-27(33)15-18-36(45)42(39)51/h1-18,22-24,28-30H,19-21H2,(H,55,58)(H,56,59)(H,57,60). The summed E-state index contributed by atoms with van der Waals surface area (Å²) < 4.78 is 0. The molecule has 9 nitrogen and oxygen atoms in total. The first kappa shape index (κ1) is 37.9. The van der Waals surface area contributed by atoms with E-state index < -0.39 is 35.8 Å². The SMILES string of the molecule is O=C(NC1CC(NC(=O)c2cnc3c(ccc4ccccc43)c2Cl)CC(NC(=O)c2cnc3c(ccc4ccccc43)c2Cl)C1)c1cnc2c(ccc3ccccc32)c1Cl. The Morgan fingerprint density at radius 1 is 0.400 bits per heavy atom. The predicted octanol–water partition coefficient (Wildman–Crippen LogP) is 10.6. The van der Waals surface area contributed by atoms with Gasteiger partial charge in [0.2, 0.25) is 0 Å². The van der Waals surface area contributed by atoms with Crippen molar-refractivity contribution < 1.29 is 14.4 Å². The summed E-state index contributed by atoms with van der Waals surface area (Å²) in [7, 11) is 0. The molecule has 3 aromatic heterocycles. The number of hydrogen-bond acceptors (Lipinski definition) is 6. The normalized spacial score (nSPS) is 16.8. The van der Waals surface area contributed by atoms with E-state index in [1.807, 2.05) is 109 Å². The third kappa shape index (κ3) is 6.69. The molecular weight excluding hydrogens is 815 g/mol. The van der Waals surface area contributed by atoms with Crippen molar-refractivity contribution in [1.29, 1.82) is 0 Å². The van der Waals surface area contributed by atoms with E-state index in [0.717, 1.165) is 32.3 Å².